The van der Waals surface area contributed by atoms with Crippen molar-refractivity contribution in [2.24, 2.45) is 0 Å². The van der Waals surface area contributed by atoms with Crippen LogP contribution in [0.5, 0.6) is 0 Å². The summed E-state index contributed by atoms with van der Waals surface area (Å²) < 4.78 is 37.2. The van der Waals surface area contributed by atoms with Crippen molar-refractivity contribution < 1.29 is 27.5 Å². The normalized spacial score (nSPS) is 18.1. The predicted molar refractivity (Wildman–Crippen MR) is 96.3 cm³/mol. The maximum absolute atomic E-state index is 13.1. The molecule has 27 heavy (non-hydrogen) atoms. The van der Waals surface area contributed by atoms with Gasteiger partial charge in [-0.2, -0.15) is 4.31 Å². The second-order valence-corrected chi connectivity index (χ2v) is 8.01. The van der Waals surface area contributed by atoms with Crippen molar-refractivity contribution in [2.45, 2.75) is 30.9 Å². The lowest BCUT2D eigenvalue weighted by molar-refractivity contribution is -0.148. The zero-order chi connectivity index (χ0) is 19.6. The molecule has 0 bridgehead atoms. The van der Waals surface area contributed by atoms with E-state index in [1.807, 2.05) is 6.92 Å². The highest BCUT2D eigenvalue weighted by atomic mass is 32.2. The van der Waals surface area contributed by atoms with Gasteiger partial charge in [0.1, 0.15) is 12.6 Å². The molecule has 2 aromatic rings. The molecule has 3 rings (SSSR count). The van der Waals surface area contributed by atoms with Gasteiger partial charge in [0, 0.05) is 6.92 Å². The van der Waals surface area contributed by atoms with Gasteiger partial charge in [0.05, 0.1) is 4.90 Å². The van der Waals surface area contributed by atoms with Crippen molar-refractivity contribution in [1.82, 2.24) is 4.31 Å². The molecule has 2 aromatic carbocycles. The van der Waals surface area contributed by atoms with Crippen LogP contribution < -0.4 is 0 Å². The fourth-order valence-corrected chi connectivity index (χ4v) is 4.41. The van der Waals surface area contributed by atoms with E-state index in [0.29, 0.717) is 9.87 Å². The molecule has 1 fully saturated rings. The minimum Gasteiger partial charge on any atom is -0.455 e. The largest absolute Gasteiger partial charge is 0.455 e. The summed E-state index contributed by atoms with van der Waals surface area (Å²) in [5.74, 6) is -0.587. The first-order chi connectivity index (χ1) is 12.8. The molecule has 1 heterocycles. The fourth-order valence-electron chi connectivity index (χ4n) is 2.92. The Bertz CT molecular complexity index is 940. The lowest BCUT2D eigenvalue weighted by atomic mass is 10.0. The smallest absolute Gasteiger partial charge is 0.424 e. The first-order valence-electron chi connectivity index (χ1n) is 8.31. The highest BCUT2D eigenvalue weighted by Crippen LogP contribution is 2.33. The van der Waals surface area contributed by atoms with Crippen LogP contribution in [0.25, 0.3) is 0 Å². The molecule has 0 spiro atoms. The molecule has 0 aromatic heterocycles. The van der Waals surface area contributed by atoms with Crippen molar-refractivity contribution >= 4 is 22.1 Å². The number of cyclic esters (lactones) is 1. The van der Waals surface area contributed by atoms with Gasteiger partial charge in [-0.1, -0.05) is 48.0 Å². The van der Waals surface area contributed by atoms with E-state index in [1.165, 1.54) is 19.1 Å². The third-order valence-corrected chi connectivity index (χ3v) is 6.01. The van der Waals surface area contributed by atoms with Crippen LogP contribution in [0.2, 0.25) is 0 Å². The Labute approximate surface area is 157 Å². The SMILES string of the molecule is CC(=O)O[C@H](c1ccccc1)[C@H]1COC(=O)N1S(=O)(=O)c1ccc(C)cc1. The van der Waals surface area contributed by atoms with Gasteiger partial charge in [0.2, 0.25) is 0 Å². The topological polar surface area (TPSA) is 90.0 Å². The minimum absolute atomic E-state index is 0.0356. The van der Waals surface area contributed by atoms with E-state index in [0.717, 1.165) is 5.56 Å². The molecule has 7 nitrogen and oxygen atoms in total. The van der Waals surface area contributed by atoms with Crippen LogP contribution in [0.4, 0.5) is 4.79 Å². The number of sulfonamides is 1. The van der Waals surface area contributed by atoms with Gasteiger partial charge in [-0.15, -0.1) is 0 Å². The van der Waals surface area contributed by atoms with Crippen LogP contribution in [0, 0.1) is 6.92 Å². The van der Waals surface area contributed by atoms with Gasteiger partial charge in [-0.05, 0) is 24.6 Å². The quantitative estimate of drug-likeness (QED) is 0.731. The Hall–Kier alpha value is -2.87. The summed E-state index contributed by atoms with van der Waals surface area (Å²) in [5.41, 5.74) is 1.46. The highest BCUT2D eigenvalue weighted by Gasteiger charge is 2.48. The van der Waals surface area contributed by atoms with Crippen LogP contribution in [0.15, 0.2) is 59.5 Å². The van der Waals surface area contributed by atoms with E-state index < -0.39 is 34.2 Å². The number of carbonyl (C=O) groups is 2. The molecule has 2 atom stereocenters. The number of ether oxygens (including phenoxy) is 2. The summed E-state index contributed by atoms with van der Waals surface area (Å²) in [6, 6.07) is 13.8. The van der Waals surface area contributed by atoms with Gasteiger partial charge in [-0.3, -0.25) is 4.79 Å². The number of esters is 1. The number of hydrogen-bond donors (Lipinski definition) is 0. The first-order valence-corrected chi connectivity index (χ1v) is 9.75. The summed E-state index contributed by atoms with van der Waals surface area (Å²) in [6.07, 6.45) is -1.97. The van der Waals surface area contributed by atoms with E-state index >= 15 is 0 Å². The third-order valence-electron chi connectivity index (χ3n) is 4.21. The van der Waals surface area contributed by atoms with Crippen LogP contribution in [-0.4, -0.2) is 37.4 Å². The number of aryl methyl sites for hydroxylation is 1. The summed E-state index contributed by atoms with van der Waals surface area (Å²) in [7, 11) is -4.18. The number of rotatable bonds is 5. The Morgan fingerprint density at radius 3 is 2.37 bits per heavy atom. The van der Waals surface area contributed by atoms with E-state index in [4.69, 9.17) is 9.47 Å². The number of hydrogen-bond acceptors (Lipinski definition) is 6. The molecule has 0 saturated carbocycles. The number of amides is 1. The maximum Gasteiger partial charge on any atom is 0.424 e. The van der Waals surface area contributed by atoms with Crippen LogP contribution >= 0.6 is 0 Å². The van der Waals surface area contributed by atoms with Gasteiger partial charge >= 0.3 is 12.1 Å². The van der Waals surface area contributed by atoms with E-state index in [1.54, 1.807) is 42.5 Å². The fraction of sp³-hybridized carbons (Fsp3) is 0.263. The van der Waals surface area contributed by atoms with Crippen LogP contribution in [0.3, 0.4) is 0 Å². The second kappa shape index (κ2) is 7.40. The van der Waals surface area contributed by atoms with Crippen molar-refractivity contribution in [2.75, 3.05) is 6.61 Å². The molecular formula is C19H19NO6S. The minimum atomic E-state index is -4.18. The number of nitrogens with zero attached hydrogens (tertiary/aromatic N) is 1. The second-order valence-electron chi connectivity index (χ2n) is 6.20. The van der Waals surface area contributed by atoms with Crippen molar-refractivity contribution in [3.05, 3.63) is 65.7 Å². The standard InChI is InChI=1S/C19H19NO6S/c1-13-8-10-16(11-9-13)27(23,24)20-17(12-25-19(20)22)18(26-14(2)21)15-6-4-3-5-7-15/h3-11,17-18H,12H2,1-2H3/t17-,18-/m1/s1. The molecule has 8 heteroatoms. The number of benzene rings is 2. The maximum atomic E-state index is 13.1. The molecular weight excluding hydrogens is 370 g/mol. The highest BCUT2D eigenvalue weighted by molar-refractivity contribution is 7.89. The van der Waals surface area contributed by atoms with Gasteiger partial charge in [-0.25, -0.2) is 13.2 Å². The van der Waals surface area contributed by atoms with E-state index in [2.05, 4.69) is 0 Å². The molecule has 1 saturated heterocycles. The molecule has 0 unspecified atom stereocenters. The molecule has 1 aliphatic heterocycles. The Morgan fingerprint density at radius 2 is 1.78 bits per heavy atom. The molecule has 0 N–H and O–H groups in total. The van der Waals surface area contributed by atoms with Gasteiger partial charge in [0.15, 0.2) is 6.10 Å². The molecule has 0 radical (unpaired) electrons. The molecule has 1 aliphatic rings. The van der Waals surface area contributed by atoms with E-state index in [-0.39, 0.29) is 11.5 Å². The van der Waals surface area contributed by atoms with Crippen LogP contribution in [0.1, 0.15) is 24.2 Å². The third kappa shape index (κ3) is 3.80. The summed E-state index contributed by atoms with van der Waals surface area (Å²) >= 11 is 0. The molecule has 1 amide bonds. The average molecular weight is 389 g/mol. The summed E-state index contributed by atoms with van der Waals surface area (Å²) in [6.45, 7) is 2.85. The number of carbonyl (C=O) groups excluding carboxylic acids is 2. The zero-order valence-corrected chi connectivity index (χ0v) is 15.7. The lowest BCUT2D eigenvalue weighted by Gasteiger charge is -2.28. The van der Waals surface area contributed by atoms with Gasteiger partial charge < -0.3 is 9.47 Å². The molecule has 0 aliphatic carbocycles. The monoisotopic (exact) mass is 389 g/mol. The van der Waals surface area contributed by atoms with Gasteiger partial charge in [0.25, 0.3) is 10.0 Å². The lowest BCUT2D eigenvalue weighted by Crippen LogP contribution is -2.43. The average Bonchev–Trinajstić information content (AvgIpc) is 3.03. The molecule has 142 valence electrons. The van der Waals surface area contributed by atoms with E-state index in [9.17, 15) is 18.0 Å². The first kappa shape index (κ1) is 18.9. The Morgan fingerprint density at radius 1 is 1.15 bits per heavy atom. The van der Waals surface area contributed by atoms with Crippen LogP contribution in [-0.2, 0) is 24.3 Å². The van der Waals surface area contributed by atoms with Crippen molar-refractivity contribution in [3.63, 3.8) is 0 Å². The Kier molecular flexibility index (Phi) is 5.18. The van der Waals surface area contributed by atoms with Crippen molar-refractivity contribution in [3.8, 4) is 0 Å². The van der Waals surface area contributed by atoms with Crippen molar-refractivity contribution in [1.29, 1.82) is 0 Å². The Balaban J connectivity index is 2.03. The summed E-state index contributed by atoms with van der Waals surface area (Å²) in [4.78, 5) is 23.9. The predicted octanol–water partition coefficient (Wildman–Crippen LogP) is 2.81. The zero-order valence-electron chi connectivity index (χ0n) is 14.9. The summed E-state index contributed by atoms with van der Waals surface area (Å²) in [5, 5.41) is 0.